The van der Waals surface area contributed by atoms with Gasteiger partial charge in [0, 0.05) is 13.0 Å². The monoisotopic (exact) mass is 345 g/mol. The second-order valence-electron chi connectivity index (χ2n) is 4.46. The van der Waals surface area contributed by atoms with Crippen LogP contribution in [0.25, 0.3) is 0 Å². The number of hydrogen-bond acceptors (Lipinski definition) is 7. The van der Waals surface area contributed by atoms with Crippen LogP contribution >= 0.6 is 0 Å². The van der Waals surface area contributed by atoms with Gasteiger partial charge in [0.05, 0.1) is 12.2 Å². The highest BCUT2D eigenvalue weighted by Gasteiger charge is 2.49. The number of ether oxygens (including phenoxy) is 1. The van der Waals surface area contributed by atoms with Crippen molar-refractivity contribution in [2.45, 2.75) is 25.7 Å². The van der Waals surface area contributed by atoms with Crippen LogP contribution < -0.4 is 0 Å². The molecule has 0 aromatic heterocycles. The van der Waals surface area contributed by atoms with Crippen LogP contribution in [-0.2, 0) is 23.8 Å². The summed E-state index contributed by atoms with van der Waals surface area (Å²) in [6.45, 7) is 2.60. The van der Waals surface area contributed by atoms with Crippen molar-refractivity contribution in [2.75, 3.05) is 19.7 Å². The van der Waals surface area contributed by atoms with Gasteiger partial charge in [-0.3, -0.25) is 0 Å². The van der Waals surface area contributed by atoms with E-state index >= 15 is 0 Å². The molecule has 0 aromatic carbocycles. The van der Waals surface area contributed by atoms with Crippen LogP contribution in [0, 0.1) is 0 Å². The molecule has 0 aromatic rings. The second-order valence-corrected chi connectivity index (χ2v) is 6.00. The molecule has 0 radical (unpaired) electrons. The molecule has 1 heterocycles. The molecule has 22 heavy (non-hydrogen) atoms. The lowest BCUT2D eigenvalue weighted by atomic mass is 9.82. The highest BCUT2D eigenvalue weighted by Crippen LogP contribution is 2.30. The molecule has 0 aliphatic carbocycles. The normalized spacial score (nSPS) is 17.4. The molecule has 1 N–H and O–H groups in total. The lowest BCUT2D eigenvalue weighted by Crippen LogP contribution is -2.44. The Morgan fingerprint density at radius 1 is 1.45 bits per heavy atom. The first-order valence-corrected chi connectivity index (χ1v) is 7.72. The Morgan fingerprint density at radius 3 is 2.50 bits per heavy atom. The minimum absolute atomic E-state index is 0.0310. The summed E-state index contributed by atoms with van der Waals surface area (Å²) in [5, 5.41) is 9.47. The summed E-state index contributed by atoms with van der Waals surface area (Å²) in [7, 11) is -6.83. The van der Waals surface area contributed by atoms with Gasteiger partial charge in [-0.25, -0.2) is 4.79 Å². The van der Waals surface area contributed by atoms with E-state index in [1.54, 1.807) is 0 Å². The summed E-state index contributed by atoms with van der Waals surface area (Å²) in [4.78, 5) is 13.1. The Labute approximate surface area is 125 Å². The van der Waals surface area contributed by atoms with Crippen molar-refractivity contribution in [3.05, 3.63) is 11.3 Å². The van der Waals surface area contributed by atoms with Crippen molar-refractivity contribution in [3.8, 4) is 0 Å². The van der Waals surface area contributed by atoms with E-state index in [2.05, 4.69) is 8.92 Å². The lowest BCUT2D eigenvalue weighted by Gasteiger charge is -2.30. The van der Waals surface area contributed by atoms with E-state index in [0.29, 0.717) is 0 Å². The molecule has 7 nitrogen and oxygen atoms in total. The molecule has 0 bridgehead atoms. The number of nitrogens with zero attached hydrogens (tertiary/aromatic N) is 1. The number of hydrogen-bond donors (Lipinski definition) is 1. The van der Waals surface area contributed by atoms with Gasteiger partial charge in [-0.15, -0.1) is 0 Å². The molecule has 0 atom stereocenters. The molecule has 0 unspecified atom stereocenters. The van der Waals surface area contributed by atoms with E-state index in [-0.39, 0.29) is 31.7 Å². The molecule has 0 fully saturated rings. The fourth-order valence-corrected chi connectivity index (χ4v) is 2.30. The van der Waals surface area contributed by atoms with E-state index in [4.69, 9.17) is 0 Å². The molecular weight excluding hydrogens is 330 g/mol. The third-order valence-electron chi connectivity index (χ3n) is 2.87. The van der Waals surface area contributed by atoms with Gasteiger partial charge in [-0.05, 0) is 20.3 Å². The molecule has 1 aliphatic heterocycles. The number of rotatable bonds is 5. The molecule has 1 aliphatic rings. The van der Waals surface area contributed by atoms with Crippen molar-refractivity contribution < 1.29 is 40.3 Å². The molecule has 126 valence electrons. The van der Waals surface area contributed by atoms with E-state index in [9.17, 15) is 31.4 Å². The number of esters is 1. The minimum atomic E-state index is -5.86. The Hall–Kier alpha value is -1.27. The highest BCUT2D eigenvalue weighted by molar-refractivity contribution is 7.87. The summed E-state index contributed by atoms with van der Waals surface area (Å²) >= 11 is 0. The van der Waals surface area contributed by atoms with Gasteiger partial charge < -0.3 is 18.8 Å². The zero-order valence-corrected chi connectivity index (χ0v) is 12.7. The number of halogens is 3. The zero-order valence-electron chi connectivity index (χ0n) is 11.9. The van der Waals surface area contributed by atoms with Crippen LogP contribution in [0.3, 0.4) is 0 Å². The van der Waals surface area contributed by atoms with Gasteiger partial charge in [-0.2, -0.15) is 21.6 Å². The summed E-state index contributed by atoms with van der Waals surface area (Å²) in [5.74, 6) is -1.60. The summed E-state index contributed by atoms with van der Waals surface area (Å²) in [5.41, 5.74) is -5.96. The number of carbonyl (C=O) groups is 1. The third kappa shape index (κ3) is 4.37. The quantitative estimate of drug-likeness (QED) is 0.335. The first kappa shape index (κ1) is 18.8. The Kier molecular flexibility index (Phi) is 5.87. The Bertz CT molecular complexity index is 559. The first-order valence-electron chi connectivity index (χ1n) is 6.31. The summed E-state index contributed by atoms with van der Waals surface area (Å²) in [6, 6.07) is 0. The SMILES string of the molecule is CCOC(=O)C1=C(OS(=O)(=O)C(F)(F)F)CCN(B(C)O)C1. The van der Waals surface area contributed by atoms with Gasteiger partial charge >= 0.3 is 28.6 Å². The zero-order chi connectivity index (χ0) is 17.1. The van der Waals surface area contributed by atoms with Crippen LogP contribution in [0.15, 0.2) is 11.3 Å². The lowest BCUT2D eigenvalue weighted by molar-refractivity contribution is -0.139. The molecule has 0 spiro atoms. The molecule has 12 heteroatoms. The maximum Gasteiger partial charge on any atom is 0.534 e. The van der Waals surface area contributed by atoms with Crippen LogP contribution in [0.2, 0.25) is 6.82 Å². The van der Waals surface area contributed by atoms with Gasteiger partial charge in [0.15, 0.2) is 0 Å². The second kappa shape index (κ2) is 6.88. The number of alkyl halides is 3. The Morgan fingerprint density at radius 2 is 2.05 bits per heavy atom. The van der Waals surface area contributed by atoms with E-state index in [1.807, 2.05) is 0 Å². The van der Waals surface area contributed by atoms with Crippen LogP contribution in [0.4, 0.5) is 13.2 Å². The fourth-order valence-electron chi connectivity index (χ4n) is 1.75. The standard InChI is InChI=1S/C10H15BF3NO6S/c1-3-20-9(16)7-6-15(11(2)17)5-4-8(7)21-22(18,19)10(12,13)14/h17H,3-6H2,1-2H3. The van der Waals surface area contributed by atoms with Gasteiger partial charge in [-0.1, -0.05) is 0 Å². The van der Waals surface area contributed by atoms with Crippen molar-refractivity contribution in [1.82, 2.24) is 4.81 Å². The largest absolute Gasteiger partial charge is 0.534 e. The van der Waals surface area contributed by atoms with Crippen LogP contribution in [-0.4, -0.2) is 56.5 Å². The Balaban J connectivity index is 3.14. The van der Waals surface area contributed by atoms with Gasteiger partial charge in [0.2, 0.25) is 0 Å². The molecule has 1 rings (SSSR count). The molecule has 0 amide bonds. The average molecular weight is 345 g/mol. The predicted molar refractivity (Wildman–Crippen MR) is 69.7 cm³/mol. The molecule has 0 saturated heterocycles. The van der Waals surface area contributed by atoms with Gasteiger partial charge in [0.25, 0.3) is 0 Å². The van der Waals surface area contributed by atoms with Crippen molar-refractivity contribution in [2.24, 2.45) is 0 Å². The number of carbonyl (C=O) groups excluding carboxylic acids is 1. The fraction of sp³-hybridized carbons (Fsp3) is 0.700. The van der Waals surface area contributed by atoms with Crippen LogP contribution in [0.1, 0.15) is 13.3 Å². The molecular formula is C10H15BF3NO6S. The van der Waals surface area contributed by atoms with E-state index < -0.39 is 34.4 Å². The van der Waals surface area contributed by atoms with Gasteiger partial charge in [0.1, 0.15) is 5.76 Å². The average Bonchev–Trinajstić information content (AvgIpc) is 2.37. The topological polar surface area (TPSA) is 93.1 Å². The summed E-state index contributed by atoms with van der Waals surface area (Å²) in [6.07, 6.45) is -0.283. The van der Waals surface area contributed by atoms with Crippen LogP contribution in [0.5, 0.6) is 0 Å². The maximum absolute atomic E-state index is 12.4. The predicted octanol–water partition coefficient (Wildman–Crippen LogP) is 0.486. The smallest absolute Gasteiger partial charge is 0.462 e. The maximum atomic E-state index is 12.4. The third-order valence-corrected chi connectivity index (χ3v) is 3.86. The van der Waals surface area contributed by atoms with E-state index in [0.717, 1.165) is 0 Å². The van der Waals surface area contributed by atoms with Crippen molar-refractivity contribution in [1.29, 1.82) is 0 Å². The van der Waals surface area contributed by atoms with Crippen molar-refractivity contribution in [3.63, 3.8) is 0 Å². The highest BCUT2D eigenvalue weighted by atomic mass is 32.2. The van der Waals surface area contributed by atoms with E-state index in [1.165, 1.54) is 18.6 Å². The molecule has 0 saturated carbocycles. The summed E-state index contributed by atoms with van der Waals surface area (Å²) < 4.78 is 68.0. The van der Waals surface area contributed by atoms with Crippen molar-refractivity contribution >= 4 is 23.1 Å². The minimum Gasteiger partial charge on any atom is -0.462 e. The first-order chi connectivity index (χ1) is 9.99.